The van der Waals surface area contributed by atoms with Crippen molar-refractivity contribution in [3.8, 4) is 0 Å². The number of carbonyl (C=O) groups is 1. The first-order valence-corrected chi connectivity index (χ1v) is 5.76. The molecule has 4 nitrogen and oxygen atoms in total. The number of aromatic nitrogens is 1. The number of amides is 1. The summed E-state index contributed by atoms with van der Waals surface area (Å²) in [7, 11) is 0. The van der Waals surface area contributed by atoms with Crippen LogP contribution in [0.2, 0.25) is 5.02 Å². The lowest BCUT2D eigenvalue weighted by Crippen LogP contribution is -2.27. The predicted molar refractivity (Wildman–Crippen MR) is 63.5 cm³/mol. The van der Waals surface area contributed by atoms with Crippen LogP contribution in [0.3, 0.4) is 0 Å². The number of hydrogen-bond donors (Lipinski definition) is 2. The highest BCUT2D eigenvalue weighted by Crippen LogP contribution is 2.12. The van der Waals surface area contributed by atoms with Gasteiger partial charge in [0.15, 0.2) is 0 Å². The highest BCUT2D eigenvalue weighted by molar-refractivity contribution is 6.30. The van der Waals surface area contributed by atoms with Crippen LogP contribution in [0.1, 0.15) is 19.3 Å². The maximum Gasteiger partial charge on any atom is 0.227 e. The number of carbonyl (C=O) groups excluding carboxylic acids is 1. The zero-order chi connectivity index (χ0) is 11.4. The van der Waals surface area contributed by atoms with Gasteiger partial charge in [-0.15, -0.1) is 0 Å². The number of hydrogen-bond acceptors (Lipinski definition) is 3. The molecule has 1 fully saturated rings. The van der Waals surface area contributed by atoms with Crippen molar-refractivity contribution in [2.45, 2.75) is 25.3 Å². The minimum absolute atomic E-state index is 0.00535. The second kappa shape index (κ2) is 5.27. The molecule has 1 unspecified atom stereocenters. The van der Waals surface area contributed by atoms with Gasteiger partial charge in [-0.1, -0.05) is 11.6 Å². The Bertz CT molecular complexity index is 360. The Morgan fingerprint density at radius 1 is 1.62 bits per heavy atom. The Morgan fingerprint density at radius 2 is 2.50 bits per heavy atom. The zero-order valence-corrected chi connectivity index (χ0v) is 9.63. The number of halogens is 1. The largest absolute Gasteiger partial charge is 0.313 e. The molecule has 0 saturated carbocycles. The van der Waals surface area contributed by atoms with Gasteiger partial charge in [-0.05, 0) is 31.5 Å². The molecule has 1 aromatic heterocycles. The van der Waals surface area contributed by atoms with Gasteiger partial charge in [0.1, 0.15) is 5.82 Å². The second-order valence-corrected chi connectivity index (χ2v) is 4.34. The van der Waals surface area contributed by atoms with Gasteiger partial charge in [-0.3, -0.25) is 4.79 Å². The quantitative estimate of drug-likeness (QED) is 0.846. The third-order valence-corrected chi connectivity index (χ3v) is 2.81. The summed E-state index contributed by atoms with van der Waals surface area (Å²) in [5.41, 5.74) is 0. The summed E-state index contributed by atoms with van der Waals surface area (Å²) in [4.78, 5) is 15.6. The van der Waals surface area contributed by atoms with E-state index >= 15 is 0 Å². The first kappa shape index (κ1) is 11.4. The molecule has 16 heavy (non-hydrogen) atoms. The summed E-state index contributed by atoms with van der Waals surface area (Å²) in [5, 5.41) is 6.59. The van der Waals surface area contributed by atoms with Crippen LogP contribution in [0, 0.1) is 0 Å². The van der Waals surface area contributed by atoms with Gasteiger partial charge in [0.2, 0.25) is 5.91 Å². The van der Waals surface area contributed by atoms with Crippen molar-refractivity contribution in [1.29, 1.82) is 0 Å². The average Bonchev–Trinajstić information content (AvgIpc) is 2.74. The van der Waals surface area contributed by atoms with Crippen molar-refractivity contribution >= 4 is 23.3 Å². The predicted octanol–water partition coefficient (Wildman–Crippen LogP) is 1.82. The van der Waals surface area contributed by atoms with Gasteiger partial charge < -0.3 is 10.6 Å². The van der Waals surface area contributed by atoms with Crippen molar-refractivity contribution in [1.82, 2.24) is 10.3 Å². The van der Waals surface area contributed by atoms with Gasteiger partial charge in [-0.2, -0.15) is 0 Å². The van der Waals surface area contributed by atoms with E-state index in [0.717, 1.165) is 19.4 Å². The number of pyridine rings is 1. The molecule has 1 atom stereocenters. The molecule has 5 heteroatoms. The minimum Gasteiger partial charge on any atom is -0.313 e. The van der Waals surface area contributed by atoms with Crippen molar-refractivity contribution < 1.29 is 4.79 Å². The minimum atomic E-state index is -0.00535. The molecule has 1 aliphatic rings. The molecule has 2 rings (SSSR count). The molecular weight excluding hydrogens is 226 g/mol. The van der Waals surface area contributed by atoms with Crippen LogP contribution in [-0.2, 0) is 4.79 Å². The lowest BCUT2D eigenvalue weighted by molar-refractivity contribution is -0.116. The first-order chi connectivity index (χ1) is 7.74. The van der Waals surface area contributed by atoms with Crippen molar-refractivity contribution in [3.05, 3.63) is 23.4 Å². The van der Waals surface area contributed by atoms with Crippen LogP contribution < -0.4 is 10.6 Å². The maximum atomic E-state index is 11.6. The van der Waals surface area contributed by atoms with E-state index in [1.54, 1.807) is 12.1 Å². The summed E-state index contributed by atoms with van der Waals surface area (Å²) < 4.78 is 0. The molecule has 2 heterocycles. The molecule has 2 N–H and O–H groups in total. The average molecular weight is 240 g/mol. The highest BCUT2D eigenvalue weighted by Gasteiger charge is 2.17. The maximum absolute atomic E-state index is 11.6. The van der Waals surface area contributed by atoms with Crippen molar-refractivity contribution in [2.75, 3.05) is 11.9 Å². The van der Waals surface area contributed by atoms with E-state index in [4.69, 9.17) is 11.6 Å². The normalized spacial score (nSPS) is 19.7. The summed E-state index contributed by atoms with van der Waals surface area (Å²) in [5.74, 6) is 0.543. The monoisotopic (exact) mass is 239 g/mol. The Balaban J connectivity index is 1.84. The van der Waals surface area contributed by atoms with E-state index in [1.807, 2.05) is 0 Å². The van der Waals surface area contributed by atoms with Crippen LogP contribution in [0.15, 0.2) is 18.3 Å². The summed E-state index contributed by atoms with van der Waals surface area (Å²) in [6, 6.07) is 3.72. The Kier molecular flexibility index (Phi) is 3.74. The Morgan fingerprint density at radius 3 is 3.12 bits per heavy atom. The fourth-order valence-corrected chi connectivity index (χ4v) is 1.91. The molecule has 1 aromatic rings. The molecule has 1 aliphatic heterocycles. The van der Waals surface area contributed by atoms with E-state index in [1.165, 1.54) is 6.20 Å². The van der Waals surface area contributed by atoms with E-state index in [-0.39, 0.29) is 5.91 Å². The zero-order valence-electron chi connectivity index (χ0n) is 8.87. The lowest BCUT2D eigenvalue weighted by Gasteiger charge is -2.09. The second-order valence-electron chi connectivity index (χ2n) is 3.91. The topological polar surface area (TPSA) is 54.0 Å². The Hall–Kier alpha value is -1.13. The molecule has 86 valence electrons. The summed E-state index contributed by atoms with van der Waals surface area (Å²) in [6.45, 7) is 1.01. The van der Waals surface area contributed by atoms with Crippen molar-refractivity contribution in [3.63, 3.8) is 0 Å². The van der Waals surface area contributed by atoms with Crippen LogP contribution in [0.25, 0.3) is 0 Å². The highest BCUT2D eigenvalue weighted by atomic mass is 35.5. The Labute approximate surface area is 99.4 Å². The fraction of sp³-hybridized carbons (Fsp3) is 0.455. The molecular formula is C11H14ClN3O. The van der Waals surface area contributed by atoms with E-state index in [9.17, 15) is 4.79 Å². The van der Waals surface area contributed by atoms with Gasteiger partial charge in [0, 0.05) is 18.7 Å². The van der Waals surface area contributed by atoms with Crippen LogP contribution in [0.4, 0.5) is 5.82 Å². The van der Waals surface area contributed by atoms with Gasteiger partial charge >= 0.3 is 0 Å². The van der Waals surface area contributed by atoms with Gasteiger partial charge in [0.25, 0.3) is 0 Å². The summed E-state index contributed by atoms with van der Waals surface area (Å²) in [6.07, 6.45) is 4.24. The standard InChI is InChI=1S/C11H14ClN3O/c12-8-3-4-10(14-7-8)15-11(16)6-9-2-1-5-13-9/h3-4,7,9,13H,1-2,5-6H2,(H,14,15,16). The lowest BCUT2D eigenvalue weighted by atomic mass is 10.1. The third kappa shape index (κ3) is 3.18. The fourth-order valence-electron chi connectivity index (χ4n) is 1.80. The van der Waals surface area contributed by atoms with Crippen LogP contribution >= 0.6 is 11.6 Å². The molecule has 1 amide bonds. The molecule has 1 saturated heterocycles. The summed E-state index contributed by atoms with van der Waals surface area (Å²) >= 11 is 5.70. The number of nitrogens with one attached hydrogen (secondary N) is 2. The van der Waals surface area contributed by atoms with Gasteiger partial charge in [-0.25, -0.2) is 4.98 Å². The SMILES string of the molecule is O=C(CC1CCCN1)Nc1ccc(Cl)cn1. The van der Waals surface area contributed by atoms with Crippen LogP contribution in [0.5, 0.6) is 0 Å². The number of rotatable bonds is 3. The first-order valence-electron chi connectivity index (χ1n) is 5.39. The molecule has 0 radical (unpaired) electrons. The number of nitrogens with zero attached hydrogens (tertiary/aromatic N) is 1. The van der Waals surface area contributed by atoms with Crippen molar-refractivity contribution in [2.24, 2.45) is 0 Å². The third-order valence-electron chi connectivity index (χ3n) is 2.59. The smallest absolute Gasteiger partial charge is 0.227 e. The van der Waals surface area contributed by atoms with E-state index < -0.39 is 0 Å². The molecule has 0 spiro atoms. The molecule has 0 aliphatic carbocycles. The van der Waals surface area contributed by atoms with E-state index in [0.29, 0.717) is 23.3 Å². The molecule has 0 bridgehead atoms. The van der Waals surface area contributed by atoms with Gasteiger partial charge in [0.05, 0.1) is 5.02 Å². The number of anilines is 1. The van der Waals surface area contributed by atoms with E-state index in [2.05, 4.69) is 15.6 Å². The molecule has 0 aromatic carbocycles. The van der Waals surface area contributed by atoms with Crippen LogP contribution in [-0.4, -0.2) is 23.5 Å².